The summed E-state index contributed by atoms with van der Waals surface area (Å²) in [7, 11) is 0. The van der Waals surface area contributed by atoms with Gasteiger partial charge in [-0.25, -0.2) is 0 Å². The van der Waals surface area contributed by atoms with Crippen molar-refractivity contribution in [1.82, 2.24) is 0 Å². The second kappa shape index (κ2) is 12.1. The molecule has 1 aromatic carbocycles. The molecule has 190 valence electrons. The van der Waals surface area contributed by atoms with Crippen LogP contribution in [-0.2, 0) is 35.3 Å². The number of carbonyl (C=O) groups excluding carboxylic acids is 4. The van der Waals surface area contributed by atoms with Crippen LogP contribution >= 0.6 is 0 Å². The van der Waals surface area contributed by atoms with Gasteiger partial charge in [-0.3, -0.25) is 19.2 Å². The number of nitrogens with zero attached hydrogens (tertiary/aromatic N) is 1. The summed E-state index contributed by atoms with van der Waals surface area (Å²) >= 11 is 0. The van der Waals surface area contributed by atoms with E-state index in [9.17, 15) is 19.2 Å². The summed E-state index contributed by atoms with van der Waals surface area (Å²) in [6.45, 7) is 13.5. The van der Waals surface area contributed by atoms with Crippen LogP contribution in [0.5, 0.6) is 0 Å². The number of rotatable bonds is 11. The summed E-state index contributed by atoms with van der Waals surface area (Å²) in [6, 6.07) is 7.23. The van der Waals surface area contributed by atoms with Crippen LogP contribution in [0.4, 0.5) is 5.69 Å². The summed E-state index contributed by atoms with van der Waals surface area (Å²) in [5.74, 6) is -0.857. The molecule has 0 atom stereocenters. The molecule has 0 bridgehead atoms. The zero-order valence-electron chi connectivity index (χ0n) is 21.9. The predicted molar refractivity (Wildman–Crippen MR) is 135 cm³/mol. The molecule has 1 aromatic rings. The highest BCUT2D eigenvalue weighted by Gasteiger charge is 2.39. The number of ether oxygens (including phenoxy) is 2. The van der Waals surface area contributed by atoms with Gasteiger partial charge in [-0.15, -0.1) is 0 Å². The average molecular weight is 484 g/mol. The molecule has 7 heteroatoms. The second-order valence-corrected chi connectivity index (χ2v) is 9.57. The number of ketones is 2. The third-order valence-corrected chi connectivity index (χ3v) is 6.26. The largest absolute Gasteiger partial charge is 0.461 e. The molecule has 0 fully saturated rings. The molecule has 0 radical (unpaired) electrons. The first-order chi connectivity index (χ1) is 16.4. The van der Waals surface area contributed by atoms with E-state index < -0.39 is 5.41 Å². The summed E-state index contributed by atoms with van der Waals surface area (Å²) in [5, 5.41) is 0. The topological polar surface area (TPSA) is 90.0 Å². The molecule has 0 unspecified atom stereocenters. The van der Waals surface area contributed by atoms with Gasteiger partial charge in [0.15, 0.2) is 11.6 Å². The maximum absolute atomic E-state index is 13.6. The van der Waals surface area contributed by atoms with E-state index in [1.165, 1.54) is 6.92 Å². The fourth-order valence-electron chi connectivity index (χ4n) is 4.23. The van der Waals surface area contributed by atoms with Crippen molar-refractivity contribution in [3.05, 3.63) is 52.1 Å². The highest BCUT2D eigenvalue weighted by Crippen LogP contribution is 2.39. The normalized spacial score (nSPS) is 14.5. The number of hydrogen-bond donors (Lipinski definition) is 0. The summed E-state index contributed by atoms with van der Waals surface area (Å²) in [6.07, 6.45) is 0.926. The fourth-order valence-corrected chi connectivity index (χ4v) is 4.23. The van der Waals surface area contributed by atoms with Crippen LogP contribution in [0.2, 0.25) is 0 Å². The number of amides is 1. The maximum Gasteiger partial charge on any atom is 0.302 e. The number of hydrogen-bond acceptors (Lipinski definition) is 6. The first-order valence-electron chi connectivity index (χ1n) is 12.0. The third-order valence-electron chi connectivity index (χ3n) is 6.26. The van der Waals surface area contributed by atoms with Gasteiger partial charge in [-0.05, 0) is 44.9 Å². The van der Waals surface area contributed by atoms with Crippen molar-refractivity contribution in [3.63, 3.8) is 0 Å². The second-order valence-electron chi connectivity index (χ2n) is 9.57. The molecule has 1 aliphatic carbocycles. The standard InChI is InChI=1S/C28H37NO6/c1-8-14-34-15-13-29(23-11-9-22(10-12-23)17-35-21(5)30)24(31)16-28(6,7)25-20(4)26(32)18(2)19(3)27(25)33/h9-12H,8,13-17H2,1-7H3. The van der Waals surface area contributed by atoms with E-state index in [4.69, 9.17) is 9.47 Å². The lowest BCUT2D eigenvalue weighted by molar-refractivity contribution is -0.142. The molecular formula is C28H37NO6. The van der Waals surface area contributed by atoms with Gasteiger partial charge in [0, 0.05) is 59.9 Å². The van der Waals surface area contributed by atoms with Gasteiger partial charge in [-0.2, -0.15) is 0 Å². The minimum absolute atomic E-state index is 0.0496. The fraction of sp³-hybridized carbons (Fsp3) is 0.500. The Morgan fingerprint density at radius 1 is 0.914 bits per heavy atom. The van der Waals surface area contributed by atoms with Crippen LogP contribution in [-0.4, -0.2) is 43.2 Å². The van der Waals surface area contributed by atoms with E-state index in [1.54, 1.807) is 37.8 Å². The van der Waals surface area contributed by atoms with Crippen LogP contribution in [0.3, 0.4) is 0 Å². The van der Waals surface area contributed by atoms with Crippen LogP contribution < -0.4 is 4.90 Å². The summed E-state index contributed by atoms with van der Waals surface area (Å²) < 4.78 is 10.7. The van der Waals surface area contributed by atoms with Crippen molar-refractivity contribution in [2.75, 3.05) is 24.7 Å². The number of allylic oxidation sites excluding steroid dienone is 4. The Bertz CT molecular complexity index is 1050. The number of carbonyl (C=O) groups is 4. The molecular weight excluding hydrogens is 446 g/mol. The molecule has 0 aromatic heterocycles. The van der Waals surface area contributed by atoms with Crippen LogP contribution in [0.1, 0.15) is 66.9 Å². The SMILES string of the molecule is CCCOCCN(C(=O)CC(C)(C)C1=C(C)C(=O)C(C)=C(C)C1=O)c1ccc(COC(C)=O)cc1. The van der Waals surface area contributed by atoms with Crippen molar-refractivity contribution in [2.45, 2.75) is 67.9 Å². The van der Waals surface area contributed by atoms with Gasteiger partial charge >= 0.3 is 5.97 Å². The van der Waals surface area contributed by atoms with Crippen molar-refractivity contribution in [1.29, 1.82) is 0 Å². The highest BCUT2D eigenvalue weighted by atomic mass is 16.5. The number of esters is 1. The van der Waals surface area contributed by atoms with Crippen LogP contribution in [0, 0.1) is 5.41 Å². The molecule has 35 heavy (non-hydrogen) atoms. The number of benzene rings is 1. The Kier molecular flexibility index (Phi) is 9.72. The van der Waals surface area contributed by atoms with Gasteiger partial charge in [0.25, 0.3) is 0 Å². The van der Waals surface area contributed by atoms with Gasteiger partial charge in [0.2, 0.25) is 5.91 Å². The van der Waals surface area contributed by atoms with E-state index in [0.717, 1.165) is 12.0 Å². The molecule has 7 nitrogen and oxygen atoms in total. The first-order valence-corrected chi connectivity index (χ1v) is 12.0. The van der Waals surface area contributed by atoms with Crippen LogP contribution in [0.15, 0.2) is 46.6 Å². The Morgan fingerprint density at radius 3 is 2.09 bits per heavy atom. The summed E-state index contributed by atoms with van der Waals surface area (Å²) in [4.78, 5) is 52.1. The van der Waals surface area contributed by atoms with Gasteiger partial charge in [0.05, 0.1) is 6.61 Å². The zero-order chi connectivity index (χ0) is 26.3. The molecule has 0 saturated heterocycles. The van der Waals surface area contributed by atoms with Gasteiger partial charge < -0.3 is 14.4 Å². The average Bonchev–Trinajstić information content (AvgIpc) is 2.80. The highest BCUT2D eigenvalue weighted by molar-refractivity contribution is 6.25. The van der Waals surface area contributed by atoms with Crippen molar-refractivity contribution in [3.8, 4) is 0 Å². The molecule has 1 amide bonds. The number of anilines is 1. The molecule has 0 saturated carbocycles. The molecule has 0 N–H and O–H groups in total. The van der Waals surface area contributed by atoms with E-state index >= 15 is 0 Å². The molecule has 0 aliphatic heterocycles. The van der Waals surface area contributed by atoms with Gasteiger partial charge in [-0.1, -0.05) is 32.9 Å². The smallest absolute Gasteiger partial charge is 0.302 e. The Hall–Kier alpha value is -3.06. The Morgan fingerprint density at radius 2 is 1.51 bits per heavy atom. The van der Waals surface area contributed by atoms with Gasteiger partial charge in [0.1, 0.15) is 6.61 Å². The van der Waals surface area contributed by atoms with Crippen LogP contribution in [0.25, 0.3) is 0 Å². The van der Waals surface area contributed by atoms with E-state index in [1.807, 2.05) is 32.9 Å². The number of Topliss-reactive ketones (excluding diaryl/α,β-unsaturated/α-hetero) is 2. The monoisotopic (exact) mass is 483 g/mol. The van der Waals surface area contributed by atoms with Crippen molar-refractivity contribution in [2.24, 2.45) is 5.41 Å². The summed E-state index contributed by atoms with van der Waals surface area (Å²) in [5.41, 5.74) is 2.35. The Labute approximate surface area is 208 Å². The zero-order valence-corrected chi connectivity index (χ0v) is 21.9. The predicted octanol–water partition coefficient (Wildman–Crippen LogP) is 4.73. The lowest BCUT2D eigenvalue weighted by atomic mass is 9.71. The lowest BCUT2D eigenvalue weighted by Crippen LogP contribution is -2.39. The minimum Gasteiger partial charge on any atom is -0.461 e. The van der Waals surface area contributed by atoms with E-state index in [2.05, 4.69) is 0 Å². The Balaban J connectivity index is 2.30. The van der Waals surface area contributed by atoms with E-state index in [0.29, 0.717) is 47.7 Å². The third kappa shape index (κ3) is 6.98. The first kappa shape index (κ1) is 28.2. The van der Waals surface area contributed by atoms with Crippen molar-refractivity contribution >= 4 is 29.1 Å². The van der Waals surface area contributed by atoms with Crippen molar-refractivity contribution < 1.29 is 28.7 Å². The maximum atomic E-state index is 13.6. The quantitative estimate of drug-likeness (QED) is 0.257. The molecule has 0 spiro atoms. The molecule has 0 heterocycles. The minimum atomic E-state index is -0.840. The van der Waals surface area contributed by atoms with E-state index in [-0.39, 0.29) is 36.5 Å². The lowest BCUT2D eigenvalue weighted by Gasteiger charge is -2.33. The molecule has 1 aliphatic rings. The molecule has 2 rings (SSSR count).